The number of anilines is 1. The van der Waals surface area contributed by atoms with Crippen LogP contribution in [-0.2, 0) is 0 Å². The van der Waals surface area contributed by atoms with Gasteiger partial charge in [0, 0.05) is 0 Å². The van der Waals surface area contributed by atoms with Crippen LogP contribution in [0.3, 0.4) is 0 Å². The van der Waals surface area contributed by atoms with E-state index in [2.05, 4.69) is 0 Å². The molecule has 1 rings (SSSR count). The highest BCUT2D eigenvalue weighted by Gasteiger charge is 2.06. The van der Waals surface area contributed by atoms with Gasteiger partial charge in [0.25, 0.3) is 0 Å². The van der Waals surface area contributed by atoms with Gasteiger partial charge in [0.2, 0.25) is 5.75 Å². The van der Waals surface area contributed by atoms with Crippen LogP contribution in [0.1, 0.15) is 0 Å². The zero-order valence-corrected chi connectivity index (χ0v) is 5.07. The van der Waals surface area contributed by atoms with Crippen molar-refractivity contribution in [2.75, 3.05) is 5.73 Å². The standard InChI is InChI=1S/C6H7NO3/c7-3-1-2-4(8)6(10)5(3)9/h1-2,8-10H,7H2. The zero-order valence-electron chi connectivity index (χ0n) is 5.07. The average Bonchev–Trinajstić information content (AvgIpc) is 1.93. The monoisotopic (exact) mass is 141 g/mol. The van der Waals surface area contributed by atoms with E-state index in [1.54, 1.807) is 0 Å². The second-order valence-electron chi connectivity index (χ2n) is 1.87. The molecule has 0 amide bonds. The number of phenolic OH excluding ortho intramolecular Hbond substituents is 3. The van der Waals surface area contributed by atoms with Gasteiger partial charge in [0.1, 0.15) is 0 Å². The van der Waals surface area contributed by atoms with Crippen LogP contribution in [0.4, 0.5) is 5.69 Å². The van der Waals surface area contributed by atoms with Crippen molar-refractivity contribution in [2.45, 2.75) is 0 Å². The van der Waals surface area contributed by atoms with Crippen molar-refractivity contribution < 1.29 is 15.3 Å². The van der Waals surface area contributed by atoms with E-state index >= 15 is 0 Å². The largest absolute Gasteiger partial charge is 0.504 e. The van der Waals surface area contributed by atoms with E-state index in [4.69, 9.17) is 21.1 Å². The normalized spacial score (nSPS) is 9.60. The van der Waals surface area contributed by atoms with E-state index in [9.17, 15) is 0 Å². The molecule has 4 nitrogen and oxygen atoms in total. The predicted molar refractivity (Wildman–Crippen MR) is 35.8 cm³/mol. The molecule has 0 bridgehead atoms. The number of phenols is 3. The summed E-state index contributed by atoms with van der Waals surface area (Å²) in [4.78, 5) is 0. The van der Waals surface area contributed by atoms with Crippen molar-refractivity contribution in [3.63, 3.8) is 0 Å². The number of hydrogen-bond donors (Lipinski definition) is 4. The minimum absolute atomic E-state index is 0.0373. The third-order valence-electron chi connectivity index (χ3n) is 1.16. The summed E-state index contributed by atoms with van der Waals surface area (Å²) in [5.74, 6) is -1.45. The van der Waals surface area contributed by atoms with Gasteiger partial charge >= 0.3 is 0 Å². The fourth-order valence-corrected chi connectivity index (χ4v) is 0.585. The van der Waals surface area contributed by atoms with Crippen LogP contribution >= 0.6 is 0 Å². The Morgan fingerprint density at radius 1 is 1.00 bits per heavy atom. The molecule has 0 atom stereocenters. The van der Waals surface area contributed by atoms with E-state index in [1.807, 2.05) is 0 Å². The molecule has 0 aliphatic heterocycles. The minimum atomic E-state index is -0.583. The van der Waals surface area contributed by atoms with Crippen molar-refractivity contribution in [3.05, 3.63) is 12.1 Å². The number of nitrogens with two attached hydrogens (primary N) is 1. The zero-order chi connectivity index (χ0) is 7.72. The fourth-order valence-electron chi connectivity index (χ4n) is 0.585. The molecule has 0 radical (unpaired) electrons. The first-order valence-corrected chi connectivity index (χ1v) is 2.62. The number of aromatic hydroxyl groups is 3. The first-order valence-electron chi connectivity index (χ1n) is 2.62. The van der Waals surface area contributed by atoms with Crippen LogP contribution in [0.2, 0.25) is 0 Å². The van der Waals surface area contributed by atoms with Crippen LogP contribution in [-0.4, -0.2) is 15.3 Å². The summed E-state index contributed by atoms with van der Waals surface area (Å²) in [6.45, 7) is 0. The van der Waals surface area contributed by atoms with Gasteiger partial charge in [-0.15, -0.1) is 0 Å². The molecular weight excluding hydrogens is 134 g/mol. The Labute approximate surface area is 57.2 Å². The first-order chi connectivity index (χ1) is 4.63. The Bertz CT molecular complexity index is 232. The lowest BCUT2D eigenvalue weighted by molar-refractivity contribution is 0.369. The summed E-state index contributed by atoms with van der Waals surface area (Å²) >= 11 is 0. The smallest absolute Gasteiger partial charge is 0.202 e. The van der Waals surface area contributed by atoms with Crippen molar-refractivity contribution in [1.82, 2.24) is 0 Å². The Balaban J connectivity index is 3.34. The summed E-state index contributed by atoms with van der Waals surface area (Å²) in [7, 11) is 0. The molecule has 0 aliphatic carbocycles. The molecule has 0 spiro atoms. The molecule has 0 aromatic heterocycles. The predicted octanol–water partition coefficient (Wildman–Crippen LogP) is 0.386. The molecule has 0 saturated carbocycles. The fraction of sp³-hybridized carbons (Fsp3) is 0. The van der Waals surface area contributed by atoms with Crippen LogP contribution in [0.25, 0.3) is 0 Å². The second kappa shape index (κ2) is 1.98. The van der Waals surface area contributed by atoms with Gasteiger partial charge in [0.15, 0.2) is 11.5 Å². The Kier molecular flexibility index (Phi) is 1.30. The average molecular weight is 141 g/mol. The highest BCUT2D eigenvalue weighted by Crippen LogP contribution is 2.38. The second-order valence-corrected chi connectivity index (χ2v) is 1.87. The number of hydrogen-bond acceptors (Lipinski definition) is 4. The van der Waals surface area contributed by atoms with Gasteiger partial charge in [-0.05, 0) is 12.1 Å². The van der Waals surface area contributed by atoms with Gasteiger partial charge in [-0.2, -0.15) is 0 Å². The van der Waals surface area contributed by atoms with Crippen LogP contribution < -0.4 is 5.73 Å². The van der Waals surface area contributed by atoms with Crippen molar-refractivity contribution in [1.29, 1.82) is 0 Å². The summed E-state index contributed by atoms with van der Waals surface area (Å²) in [6.07, 6.45) is 0. The number of benzene rings is 1. The van der Waals surface area contributed by atoms with Crippen molar-refractivity contribution >= 4 is 5.69 Å². The Morgan fingerprint density at radius 3 is 2.10 bits per heavy atom. The SMILES string of the molecule is Nc1ccc(O)c(O)c1O. The number of nitrogen functional groups attached to an aromatic ring is 1. The van der Waals surface area contributed by atoms with Gasteiger partial charge in [-0.3, -0.25) is 0 Å². The van der Waals surface area contributed by atoms with Crippen molar-refractivity contribution in [2.24, 2.45) is 0 Å². The maximum Gasteiger partial charge on any atom is 0.202 e. The molecule has 0 fully saturated rings. The topological polar surface area (TPSA) is 86.7 Å². The maximum absolute atomic E-state index is 8.85. The van der Waals surface area contributed by atoms with Crippen LogP contribution in [0, 0.1) is 0 Å². The van der Waals surface area contributed by atoms with Crippen molar-refractivity contribution in [3.8, 4) is 17.2 Å². The molecule has 0 saturated heterocycles. The Hall–Kier alpha value is -1.58. The molecule has 5 N–H and O–H groups in total. The third-order valence-corrected chi connectivity index (χ3v) is 1.16. The quantitative estimate of drug-likeness (QED) is 0.239. The molecule has 1 aromatic rings. The van der Waals surface area contributed by atoms with Gasteiger partial charge < -0.3 is 21.1 Å². The summed E-state index contributed by atoms with van der Waals surface area (Å²) < 4.78 is 0. The third kappa shape index (κ3) is 0.793. The summed E-state index contributed by atoms with van der Waals surface area (Å²) in [5.41, 5.74) is 5.21. The molecule has 4 heteroatoms. The molecule has 54 valence electrons. The van der Waals surface area contributed by atoms with E-state index < -0.39 is 11.5 Å². The summed E-state index contributed by atoms with van der Waals surface area (Å²) in [6, 6.07) is 2.49. The number of rotatable bonds is 0. The van der Waals surface area contributed by atoms with Crippen LogP contribution in [0.5, 0.6) is 17.2 Å². The van der Waals surface area contributed by atoms with E-state index in [0.717, 1.165) is 0 Å². The highest BCUT2D eigenvalue weighted by molar-refractivity contribution is 5.63. The van der Waals surface area contributed by atoms with E-state index in [0.29, 0.717) is 0 Å². The first kappa shape index (κ1) is 6.54. The molecule has 0 heterocycles. The van der Waals surface area contributed by atoms with Gasteiger partial charge in [-0.25, -0.2) is 0 Å². The minimum Gasteiger partial charge on any atom is -0.504 e. The molecular formula is C6H7NO3. The molecule has 0 aliphatic rings. The molecule has 10 heavy (non-hydrogen) atoms. The van der Waals surface area contributed by atoms with Gasteiger partial charge in [-0.1, -0.05) is 0 Å². The van der Waals surface area contributed by atoms with E-state index in [-0.39, 0.29) is 11.4 Å². The lowest BCUT2D eigenvalue weighted by Gasteiger charge is -2.01. The van der Waals surface area contributed by atoms with Gasteiger partial charge in [0.05, 0.1) is 5.69 Å². The Morgan fingerprint density at radius 2 is 1.60 bits per heavy atom. The summed E-state index contributed by atoms with van der Waals surface area (Å²) in [5, 5.41) is 26.4. The maximum atomic E-state index is 8.85. The van der Waals surface area contributed by atoms with E-state index in [1.165, 1.54) is 12.1 Å². The lowest BCUT2D eigenvalue weighted by atomic mass is 10.2. The molecule has 1 aromatic carbocycles. The molecule has 0 unspecified atom stereocenters. The lowest BCUT2D eigenvalue weighted by Crippen LogP contribution is -1.84. The highest BCUT2D eigenvalue weighted by atomic mass is 16.3. The van der Waals surface area contributed by atoms with Crippen LogP contribution in [0.15, 0.2) is 12.1 Å².